The normalized spacial score (nSPS) is 8.42. The smallest absolute Gasteiger partial charge is 0.331 e. The number of aliphatic carboxylic acids is 1. The van der Waals surface area contributed by atoms with Crippen molar-refractivity contribution in [2.75, 3.05) is 0 Å². The van der Waals surface area contributed by atoms with Crippen LogP contribution in [0.2, 0.25) is 0 Å². The SMILES string of the molecule is C.CC(=O)C=C(C)C.CC(=O)CCC(C)C.CC(C)=C(C)C(=O)O. The van der Waals surface area contributed by atoms with E-state index in [1.54, 1.807) is 40.7 Å². The third kappa shape index (κ3) is 32.3. The topological polar surface area (TPSA) is 71.4 Å². The molecule has 0 fully saturated rings. The van der Waals surface area contributed by atoms with Gasteiger partial charge in [0.2, 0.25) is 0 Å². The van der Waals surface area contributed by atoms with E-state index in [0.717, 1.165) is 24.0 Å². The van der Waals surface area contributed by atoms with E-state index in [4.69, 9.17) is 5.11 Å². The molecule has 0 aromatic heterocycles. The van der Waals surface area contributed by atoms with Gasteiger partial charge in [-0.1, -0.05) is 32.4 Å². The minimum Gasteiger partial charge on any atom is -0.478 e. The van der Waals surface area contributed by atoms with Crippen LogP contribution in [0.1, 0.15) is 82.6 Å². The molecular formula is C20H38O4. The number of ketones is 2. The summed E-state index contributed by atoms with van der Waals surface area (Å²) in [6, 6.07) is 0. The van der Waals surface area contributed by atoms with Gasteiger partial charge in [0.1, 0.15) is 5.78 Å². The Hall–Kier alpha value is -1.71. The molecule has 0 heterocycles. The molecule has 0 unspecified atom stereocenters. The highest BCUT2D eigenvalue weighted by Gasteiger charge is 1.99. The van der Waals surface area contributed by atoms with E-state index in [-0.39, 0.29) is 13.2 Å². The summed E-state index contributed by atoms with van der Waals surface area (Å²) in [5.41, 5.74) is 2.36. The van der Waals surface area contributed by atoms with Crippen LogP contribution in [-0.4, -0.2) is 22.6 Å². The third-order valence-electron chi connectivity index (χ3n) is 2.64. The third-order valence-corrected chi connectivity index (χ3v) is 2.64. The lowest BCUT2D eigenvalue weighted by Crippen LogP contribution is -1.97. The summed E-state index contributed by atoms with van der Waals surface area (Å²) in [5.74, 6) is 0.266. The van der Waals surface area contributed by atoms with Crippen molar-refractivity contribution in [1.82, 2.24) is 0 Å². The Morgan fingerprint density at radius 1 is 0.917 bits per heavy atom. The highest BCUT2D eigenvalue weighted by atomic mass is 16.4. The highest BCUT2D eigenvalue weighted by Crippen LogP contribution is 2.02. The van der Waals surface area contributed by atoms with Crippen molar-refractivity contribution in [2.45, 2.75) is 82.6 Å². The second kappa shape index (κ2) is 17.6. The zero-order valence-electron chi connectivity index (χ0n) is 16.2. The predicted molar refractivity (Wildman–Crippen MR) is 103 cm³/mol. The van der Waals surface area contributed by atoms with E-state index in [1.165, 1.54) is 0 Å². The van der Waals surface area contributed by atoms with Crippen LogP contribution in [0.3, 0.4) is 0 Å². The molecule has 4 heteroatoms. The first-order valence-corrected chi connectivity index (χ1v) is 7.83. The first kappa shape index (κ1) is 30.2. The van der Waals surface area contributed by atoms with Gasteiger partial charge in [0.25, 0.3) is 0 Å². The minimum absolute atomic E-state index is 0. The van der Waals surface area contributed by atoms with Crippen LogP contribution in [-0.2, 0) is 14.4 Å². The molecule has 0 bridgehead atoms. The van der Waals surface area contributed by atoms with Crippen molar-refractivity contribution < 1.29 is 19.5 Å². The van der Waals surface area contributed by atoms with E-state index in [2.05, 4.69) is 13.8 Å². The maximum Gasteiger partial charge on any atom is 0.331 e. The summed E-state index contributed by atoms with van der Waals surface area (Å²) in [5, 5.41) is 8.29. The molecule has 0 saturated carbocycles. The second-order valence-electron chi connectivity index (χ2n) is 6.40. The zero-order valence-corrected chi connectivity index (χ0v) is 16.2. The Morgan fingerprint density at radius 3 is 1.38 bits per heavy atom. The standard InChI is InChI=1S/C7H14O.C6H10O2.C6H10O.CH4/c1-6(2)4-5-7(3)8;1-4(2)5(3)6(7)8;1-5(2)4-6(3)7;/h6H,4-5H2,1-3H3;1-3H3,(H,7,8);4H,1-3H3;1H4. The van der Waals surface area contributed by atoms with Gasteiger partial charge in [-0.25, -0.2) is 4.79 Å². The van der Waals surface area contributed by atoms with Crippen LogP contribution < -0.4 is 0 Å². The summed E-state index contributed by atoms with van der Waals surface area (Å²) in [6.07, 6.45) is 3.40. The van der Waals surface area contributed by atoms with E-state index in [0.29, 0.717) is 17.3 Å². The van der Waals surface area contributed by atoms with Gasteiger partial charge in [-0.3, -0.25) is 4.79 Å². The van der Waals surface area contributed by atoms with Gasteiger partial charge in [0.05, 0.1) is 0 Å². The van der Waals surface area contributed by atoms with Gasteiger partial charge in [-0.05, 0) is 66.9 Å². The molecular weight excluding hydrogens is 304 g/mol. The quantitative estimate of drug-likeness (QED) is 0.658. The van der Waals surface area contributed by atoms with Gasteiger partial charge in [0.15, 0.2) is 5.78 Å². The Balaban J connectivity index is -0.000000123. The summed E-state index contributed by atoms with van der Waals surface area (Å²) < 4.78 is 0. The molecule has 1 N–H and O–H groups in total. The largest absolute Gasteiger partial charge is 0.478 e. The van der Waals surface area contributed by atoms with Crippen molar-refractivity contribution in [3.8, 4) is 0 Å². The number of hydrogen-bond acceptors (Lipinski definition) is 3. The molecule has 0 atom stereocenters. The molecule has 4 nitrogen and oxygen atoms in total. The number of hydrogen-bond donors (Lipinski definition) is 1. The number of carbonyl (C=O) groups is 3. The number of carboxylic acid groups (broad SMARTS) is 1. The Kier molecular flexibility index (Phi) is 22.2. The fourth-order valence-electron chi connectivity index (χ4n) is 1.11. The van der Waals surface area contributed by atoms with Crippen LogP contribution in [0.4, 0.5) is 0 Å². The number of Topliss-reactive ketones (excluding diaryl/α,β-unsaturated/α-hetero) is 1. The number of rotatable bonds is 5. The number of carbonyl (C=O) groups excluding carboxylic acids is 2. The van der Waals surface area contributed by atoms with E-state index in [1.807, 2.05) is 13.8 Å². The lowest BCUT2D eigenvalue weighted by Gasteiger charge is -1.98. The minimum atomic E-state index is -0.829. The molecule has 0 rings (SSSR count). The van der Waals surface area contributed by atoms with Gasteiger partial charge >= 0.3 is 5.97 Å². The highest BCUT2D eigenvalue weighted by molar-refractivity contribution is 5.87. The van der Waals surface area contributed by atoms with E-state index in [9.17, 15) is 14.4 Å². The molecule has 0 saturated heterocycles. The van der Waals surface area contributed by atoms with Gasteiger partial charge in [-0.15, -0.1) is 0 Å². The van der Waals surface area contributed by atoms with Crippen LogP contribution >= 0.6 is 0 Å². The van der Waals surface area contributed by atoms with Gasteiger partial charge < -0.3 is 9.90 Å². The fourth-order valence-corrected chi connectivity index (χ4v) is 1.11. The zero-order chi connectivity index (χ0) is 19.2. The molecule has 0 aliphatic heterocycles. The van der Waals surface area contributed by atoms with Crippen LogP contribution in [0, 0.1) is 5.92 Å². The first-order chi connectivity index (χ1) is 10.3. The molecule has 0 aliphatic carbocycles. The average molecular weight is 343 g/mol. The van der Waals surface area contributed by atoms with Crippen molar-refractivity contribution >= 4 is 17.5 Å². The van der Waals surface area contributed by atoms with Gasteiger partial charge in [-0.2, -0.15) is 0 Å². The van der Waals surface area contributed by atoms with Crippen molar-refractivity contribution in [3.63, 3.8) is 0 Å². The molecule has 24 heavy (non-hydrogen) atoms. The number of carboxylic acids is 1. The summed E-state index contributed by atoms with van der Waals surface area (Å²) in [6.45, 7) is 16.4. The predicted octanol–water partition coefficient (Wildman–Crippen LogP) is 5.62. The summed E-state index contributed by atoms with van der Waals surface area (Å²) >= 11 is 0. The molecule has 0 radical (unpaired) electrons. The molecule has 0 aromatic rings. The summed E-state index contributed by atoms with van der Waals surface area (Å²) in [7, 11) is 0. The average Bonchev–Trinajstić information content (AvgIpc) is 2.34. The lowest BCUT2D eigenvalue weighted by molar-refractivity contribution is -0.132. The van der Waals surface area contributed by atoms with Crippen LogP contribution in [0.25, 0.3) is 0 Å². The van der Waals surface area contributed by atoms with E-state index >= 15 is 0 Å². The Morgan fingerprint density at radius 2 is 1.33 bits per heavy atom. The summed E-state index contributed by atoms with van der Waals surface area (Å²) in [4.78, 5) is 30.6. The Bertz CT molecular complexity index is 433. The van der Waals surface area contributed by atoms with Crippen LogP contribution in [0.5, 0.6) is 0 Å². The Labute approximate surface area is 149 Å². The monoisotopic (exact) mass is 342 g/mol. The first-order valence-electron chi connectivity index (χ1n) is 7.83. The lowest BCUT2D eigenvalue weighted by atomic mass is 10.1. The maximum atomic E-state index is 10.3. The van der Waals surface area contributed by atoms with Crippen molar-refractivity contribution in [2.24, 2.45) is 5.92 Å². The fraction of sp³-hybridized carbons (Fsp3) is 0.650. The van der Waals surface area contributed by atoms with Crippen molar-refractivity contribution in [1.29, 1.82) is 0 Å². The van der Waals surface area contributed by atoms with E-state index < -0.39 is 5.97 Å². The molecule has 0 aliphatic rings. The van der Waals surface area contributed by atoms with Crippen LogP contribution in [0.15, 0.2) is 22.8 Å². The maximum absolute atomic E-state index is 10.3. The molecule has 0 amide bonds. The second-order valence-corrected chi connectivity index (χ2v) is 6.40. The molecule has 0 spiro atoms. The molecule has 0 aromatic carbocycles. The van der Waals surface area contributed by atoms with Crippen molar-refractivity contribution in [3.05, 3.63) is 22.8 Å². The van der Waals surface area contributed by atoms with Gasteiger partial charge in [0, 0.05) is 12.0 Å². The molecule has 142 valence electrons. The number of allylic oxidation sites excluding steroid dienone is 3.